The number of aromatic nitrogens is 2. The van der Waals surface area contributed by atoms with E-state index in [1.165, 1.54) is 30.3 Å². The van der Waals surface area contributed by atoms with Crippen molar-refractivity contribution in [1.29, 1.82) is 0 Å². The maximum absolute atomic E-state index is 13.8. The minimum Gasteiger partial charge on any atom is -0.874 e. The molecule has 3 aromatic carbocycles. The Balaban J connectivity index is 0.000000264. The minimum atomic E-state index is -2.33. The molecule has 0 fully saturated rings. The zero-order valence-corrected chi connectivity index (χ0v) is 21.8. The van der Waals surface area contributed by atoms with Crippen molar-refractivity contribution < 1.29 is 34.5 Å². The molecule has 0 saturated heterocycles. The van der Waals surface area contributed by atoms with E-state index in [9.17, 15) is 15.0 Å². The molecule has 0 saturated carbocycles. The first kappa shape index (κ1) is 26.3. The quantitative estimate of drug-likeness (QED) is 0.301. The molecule has 35 heavy (non-hydrogen) atoms. The van der Waals surface area contributed by atoms with Crippen molar-refractivity contribution in [3.8, 4) is 0 Å². The van der Waals surface area contributed by atoms with E-state index in [0.29, 0.717) is 22.5 Å². The third kappa shape index (κ3) is 4.66. The Morgan fingerprint density at radius 2 is 1.66 bits per heavy atom. The molecule has 1 atom stereocenters. The molecular formula is C28H27N3O3Ru. The van der Waals surface area contributed by atoms with Crippen molar-refractivity contribution in [3.05, 3.63) is 107 Å². The van der Waals surface area contributed by atoms with Crippen LogP contribution in [0.25, 0.3) is 10.9 Å². The molecule has 0 radical (unpaired) electrons. The van der Waals surface area contributed by atoms with E-state index in [1.54, 1.807) is 36.4 Å². The van der Waals surface area contributed by atoms with Gasteiger partial charge in [0, 0.05) is 22.4 Å². The van der Waals surface area contributed by atoms with Gasteiger partial charge in [-0.05, 0) is 54.7 Å². The van der Waals surface area contributed by atoms with Crippen LogP contribution in [0.15, 0.2) is 84.3 Å². The molecule has 4 aromatic rings. The Morgan fingerprint density at radius 3 is 2.31 bits per heavy atom. The number of allylic oxidation sites excluding steroid dienone is 1. The van der Waals surface area contributed by atoms with Gasteiger partial charge in [-0.2, -0.15) is 5.10 Å². The molecule has 0 aliphatic heterocycles. The molecule has 0 bridgehead atoms. The summed E-state index contributed by atoms with van der Waals surface area (Å²) in [5, 5.41) is 31.4. The third-order valence-electron chi connectivity index (χ3n) is 6.16. The molecule has 0 amide bonds. The molecule has 1 aromatic heterocycles. The van der Waals surface area contributed by atoms with Crippen molar-refractivity contribution >= 4 is 22.4 Å². The number of aryl methyl sites for hydroxylation is 1. The maximum Gasteiger partial charge on any atom is 2.00 e. The van der Waals surface area contributed by atoms with Crippen molar-refractivity contribution in [3.63, 3.8) is 0 Å². The molecule has 1 aliphatic rings. The molecule has 0 spiro atoms. The van der Waals surface area contributed by atoms with Crippen LogP contribution < -0.4 is 15.9 Å². The Kier molecular flexibility index (Phi) is 7.63. The maximum atomic E-state index is 13.8. The van der Waals surface area contributed by atoms with Crippen LogP contribution in [0.2, 0.25) is 0 Å². The van der Waals surface area contributed by atoms with Crippen LogP contribution in [-0.4, -0.2) is 15.6 Å². The monoisotopic (exact) mass is 555 g/mol. The van der Waals surface area contributed by atoms with E-state index in [2.05, 4.69) is 50.1 Å². The fraction of sp³-hybridized carbons (Fsp3) is 0.214. The number of hydrogen-bond acceptors (Lipinski definition) is 5. The van der Waals surface area contributed by atoms with Crippen molar-refractivity contribution in [2.45, 2.75) is 39.3 Å². The predicted molar refractivity (Wildman–Crippen MR) is 130 cm³/mol. The van der Waals surface area contributed by atoms with Crippen LogP contribution in [0.5, 0.6) is 0 Å². The first-order valence-corrected chi connectivity index (χ1v) is 11.2. The van der Waals surface area contributed by atoms with Gasteiger partial charge in [0.05, 0.1) is 11.7 Å². The van der Waals surface area contributed by atoms with Gasteiger partial charge in [-0.1, -0.05) is 67.9 Å². The average molecular weight is 555 g/mol. The van der Waals surface area contributed by atoms with Gasteiger partial charge in [-0.25, -0.2) is 0 Å². The molecule has 7 heteroatoms. The van der Waals surface area contributed by atoms with Gasteiger partial charge in [0.1, 0.15) is 0 Å². The first-order valence-electron chi connectivity index (χ1n) is 11.2. The summed E-state index contributed by atoms with van der Waals surface area (Å²) in [5.74, 6) is -0.558. The van der Waals surface area contributed by atoms with Crippen LogP contribution in [0.3, 0.4) is 0 Å². The standard InChI is InChI=1S/C18H14N3O3.C10H14.Ru/c1-10-16(22)13-4-2-3-5-14(13)18(24,17(10)23)21-15-8-12(19)7-6-11(15)9-20-21;1-8(2)10-6-4-9(3)5-7-10;/h2-9,23H,19H2,1H3;4-8H,1-3H3;/q-1;;+2/p-1/t18-;;/m1../s1. The molecule has 5 rings (SSSR count). The number of hydrogen-bond donors (Lipinski definition) is 1. The second-order valence-electron chi connectivity index (χ2n) is 8.91. The number of ketones is 1. The Bertz CT molecular complexity index is 1410. The Morgan fingerprint density at radius 1 is 1.00 bits per heavy atom. The van der Waals surface area contributed by atoms with Gasteiger partial charge in [-0.3, -0.25) is 9.48 Å². The van der Waals surface area contributed by atoms with Crippen molar-refractivity contribution in [2.75, 3.05) is 5.73 Å². The zero-order valence-electron chi connectivity index (χ0n) is 20.1. The van der Waals surface area contributed by atoms with Crippen LogP contribution in [0, 0.1) is 6.92 Å². The van der Waals surface area contributed by atoms with Crippen molar-refractivity contribution in [2.24, 2.45) is 0 Å². The summed E-state index contributed by atoms with van der Waals surface area (Å²) in [6.45, 7) is 7.92. The molecule has 2 N–H and O–H groups in total. The predicted octanol–water partition coefficient (Wildman–Crippen LogP) is 3.63. The molecule has 1 heterocycles. The number of carbonyl (C=O) groups is 1. The van der Waals surface area contributed by atoms with Gasteiger partial charge in [0.15, 0.2) is 5.78 Å². The normalized spacial score (nSPS) is 17.0. The number of rotatable bonds is 2. The summed E-state index contributed by atoms with van der Waals surface area (Å²) in [6.07, 6.45) is 1.51. The van der Waals surface area contributed by atoms with E-state index in [4.69, 9.17) is 5.73 Å². The van der Waals surface area contributed by atoms with Crippen molar-refractivity contribution in [1.82, 2.24) is 9.78 Å². The number of Topliss-reactive ketones (excluding diaryl/α,β-unsaturated/α-hetero) is 1. The number of benzene rings is 3. The smallest absolute Gasteiger partial charge is 0.874 e. The number of carbonyl (C=O) groups excluding carboxylic acids is 1. The second kappa shape index (κ2) is 10.1. The van der Waals surface area contributed by atoms with Crippen LogP contribution in [0.1, 0.15) is 53.7 Å². The summed E-state index contributed by atoms with van der Waals surface area (Å²) in [5.41, 5.74) is 7.42. The molecule has 1 aliphatic carbocycles. The summed E-state index contributed by atoms with van der Waals surface area (Å²) in [4.78, 5) is 12.4. The van der Waals surface area contributed by atoms with Gasteiger partial charge in [0.25, 0.3) is 0 Å². The molecule has 0 unspecified atom stereocenters. The van der Waals surface area contributed by atoms with Crippen LogP contribution in [0.4, 0.5) is 5.69 Å². The SMILES string of the molecule is CC1=C([O-])[C@@]([O-])(n2ncc3ccc(N)cc32)c2ccccc2C1=O.Cc1ccc(C(C)C)cc1.[Ru+2]. The van der Waals surface area contributed by atoms with Gasteiger partial charge in [-0.15, -0.1) is 5.76 Å². The molecule has 6 nitrogen and oxygen atoms in total. The number of fused-ring (bicyclic) bond motifs is 2. The van der Waals surface area contributed by atoms with Gasteiger partial charge >= 0.3 is 19.5 Å². The molecular weight excluding hydrogens is 527 g/mol. The van der Waals surface area contributed by atoms with E-state index in [-0.39, 0.29) is 36.2 Å². The summed E-state index contributed by atoms with van der Waals surface area (Å²) in [7, 11) is 0. The largest absolute Gasteiger partial charge is 2.00 e. The molecule has 180 valence electrons. The fourth-order valence-corrected chi connectivity index (χ4v) is 4.11. The number of nitrogens with two attached hydrogens (primary N) is 1. The second-order valence-corrected chi connectivity index (χ2v) is 8.91. The number of nitrogen functional groups attached to an aromatic ring is 1. The van der Waals surface area contributed by atoms with E-state index < -0.39 is 17.3 Å². The fourth-order valence-electron chi connectivity index (χ4n) is 4.11. The third-order valence-corrected chi connectivity index (χ3v) is 6.16. The topological polar surface area (TPSA) is 107 Å². The van der Waals surface area contributed by atoms with Gasteiger partial charge < -0.3 is 15.9 Å². The Hall–Kier alpha value is -3.28. The zero-order chi connectivity index (χ0) is 24.6. The number of anilines is 1. The van der Waals surface area contributed by atoms with E-state index >= 15 is 0 Å². The minimum absolute atomic E-state index is 0. The average Bonchev–Trinajstić information content (AvgIpc) is 3.25. The summed E-state index contributed by atoms with van der Waals surface area (Å²) >= 11 is 0. The first-order chi connectivity index (χ1) is 16.1. The summed E-state index contributed by atoms with van der Waals surface area (Å²) < 4.78 is 1.12. The van der Waals surface area contributed by atoms with E-state index in [1.807, 2.05) is 0 Å². The van der Waals surface area contributed by atoms with Crippen LogP contribution in [-0.2, 0) is 25.2 Å². The Labute approximate surface area is 217 Å². The summed E-state index contributed by atoms with van der Waals surface area (Å²) in [6, 6.07) is 20.1. The number of nitrogens with zero attached hydrogens (tertiary/aromatic N) is 2. The van der Waals surface area contributed by atoms with Crippen LogP contribution >= 0.6 is 0 Å². The van der Waals surface area contributed by atoms with Gasteiger partial charge in [0.2, 0.25) is 0 Å². The van der Waals surface area contributed by atoms with E-state index in [0.717, 1.165) is 4.68 Å².